The summed E-state index contributed by atoms with van der Waals surface area (Å²) in [6, 6.07) is 4.54. The van der Waals surface area contributed by atoms with Crippen molar-refractivity contribution >= 4 is 21.6 Å². The molecule has 1 aliphatic heterocycles. The summed E-state index contributed by atoms with van der Waals surface area (Å²) in [6.45, 7) is -0.0161. The van der Waals surface area contributed by atoms with Gasteiger partial charge in [0.1, 0.15) is 5.75 Å². The van der Waals surface area contributed by atoms with Gasteiger partial charge in [-0.15, -0.1) is 0 Å². The highest BCUT2D eigenvalue weighted by molar-refractivity contribution is 7.89. The Morgan fingerprint density at radius 2 is 1.93 bits per heavy atom. The molecule has 2 aliphatic carbocycles. The molecule has 0 bridgehead atoms. The van der Waals surface area contributed by atoms with E-state index in [-0.39, 0.29) is 30.0 Å². The van der Waals surface area contributed by atoms with E-state index < -0.39 is 10.0 Å². The highest BCUT2D eigenvalue weighted by atomic mass is 32.2. The second-order valence-electron chi connectivity index (χ2n) is 8.18. The number of sulfonamides is 1. The van der Waals surface area contributed by atoms with Crippen LogP contribution in [0.3, 0.4) is 0 Å². The van der Waals surface area contributed by atoms with Crippen molar-refractivity contribution in [3.63, 3.8) is 0 Å². The first-order chi connectivity index (χ1) is 14.5. The third-order valence-corrected chi connectivity index (χ3v) is 7.62. The van der Waals surface area contributed by atoms with Crippen LogP contribution in [0.2, 0.25) is 0 Å². The number of anilines is 1. The van der Waals surface area contributed by atoms with Crippen molar-refractivity contribution < 1.29 is 22.5 Å². The Balaban J connectivity index is 1.41. The predicted octanol–water partition coefficient (Wildman–Crippen LogP) is 2.48. The fourth-order valence-electron chi connectivity index (χ4n) is 4.15. The normalized spacial score (nSPS) is 20.1. The third-order valence-electron chi connectivity index (χ3n) is 6.10. The summed E-state index contributed by atoms with van der Waals surface area (Å²) >= 11 is 0. The smallest absolute Gasteiger partial charge is 0.265 e. The summed E-state index contributed by atoms with van der Waals surface area (Å²) in [5.41, 5.74) is 0.399. The maximum absolute atomic E-state index is 12.8. The van der Waals surface area contributed by atoms with Gasteiger partial charge in [0.15, 0.2) is 12.4 Å². The van der Waals surface area contributed by atoms with E-state index in [1.807, 2.05) is 0 Å². The van der Waals surface area contributed by atoms with Gasteiger partial charge in [0.25, 0.3) is 5.91 Å². The maximum Gasteiger partial charge on any atom is 0.265 e. The van der Waals surface area contributed by atoms with Gasteiger partial charge in [-0.2, -0.15) is 4.98 Å². The predicted molar refractivity (Wildman–Crippen MR) is 107 cm³/mol. The second-order valence-corrected chi connectivity index (χ2v) is 9.89. The van der Waals surface area contributed by atoms with E-state index in [1.54, 1.807) is 6.07 Å². The van der Waals surface area contributed by atoms with Crippen LogP contribution in [-0.2, 0) is 21.4 Å². The van der Waals surface area contributed by atoms with Crippen LogP contribution in [-0.4, -0.2) is 37.1 Å². The summed E-state index contributed by atoms with van der Waals surface area (Å²) in [4.78, 5) is 18.6. The Hall–Kier alpha value is -2.46. The quantitative estimate of drug-likeness (QED) is 0.746. The molecule has 160 valence electrons. The number of rotatable bonds is 6. The fourth-order valence-corrected chi connectivity index (χ4v) is 5.47. The first kappa shape index (κ1) is 19.5. The van der Waals surface area contributed by atoms with Crippen molar-refractivity contribution in [2.24, 2.45) is 0 Å². The number of carbonyl (C=O) groups excluding carboxylic acids is 1. The lowest BCUT2D eigenvalue weighted by Crippen LogP contribution is -2.39. The summed E-state index contributed by atoms with van der Waals surface area (Å²) in [6.07, 6.45) is 6.98. The average molecular weight is 433 g/mol. The Bertz CT molecular complexity index is 1060. The number of ether oxygens (including phenoxy) is 1. The van der Waals surface area contributed by atoms with Crippen LogP contribution in [0.25, 0.3) is 0 Å². The maximum atomic E-state index is 12.8. The molecule has 2 saturated carbocycles. The minimum Gasteiger partial charge on any atom is -0.482 e. The number of amides is 1. The third kappa shape index (κ3) is 3.69. The van der Waals surface area contributed by atoms with Crippen molar-refractivity contribution in [1.82, 2.24) is 14.9 Å². The number of nitrogens with one attached hydrogen (secondary N) is 1. The minimum atomic E-state index is -3.69. The molecule has 2 fully saturated rings. The zero-order valence-electron chi connectivity index (χ0n) is 16.5. The number of hydrogen-bond donors (Lipinski definition) is 1. The molecule has 1 aromatic heterocycles. The van der Waals surface area contributed by atoms with E-state index in [1.165, 1.54) is 17.0 Å². The Morgan fingerprint density at radius 1 is 1.13 bits per heavy atom. The monoisotopic (exact) mass is 432 g/mol. The van der Waals surface area contributed by atoms with Gasteiger partial charge in [-0.3, -0.25) is 9.69 Å². The fraction of sp³-hybridized carbons (Fsp3) is 0.550. The van der Waals surface area contributed by atoms with Crippen LogP contribution < -0.4 is 14.4 Å². The lowest BCUT2D eigenvalue weighted by molar-refractivity contribution is -0.121. The molecule has 0 spiro atoms. The van der Waals surface area contributed by atoms with Crippen molar-refractivity contribution in [2.75, 3.05) is 11.5 Å². The molecule has 1 amide bonds. The zero-order chi connectivity index (χ0) is 20.7. The summed E-state index contributed by atoms with van der Waals surface area (Å²) < 4.78 is 39.3. The van der Waals surface area contributed by atoms with Crippen molar-refractivity contribution in [2.45, 2.75) is 68.3 Å². The van der Waals surface area contributed by atoms with Gasteiger partial charge in [0, 0.05) is 12.0 Å². The molecule has 0 atom stereocenters. The number of hydrogen-bond acceptors (Lipinski definition) is 7. The van der Waals surface area contributed by atoms with Crippen LogP contribution in [0.1, 0.15) is 62.6 Å². The molecule has 0 unspecified atom stereocenters. The Morgan fingerprint density at radius 3 is 2.67 bits per heavy atom. The minimum absolute atomic E-state index is 0.0377. The van der Waals surface area contributed by atoms with E-state index in [9.17, 15) is 13.2 Å². The summed E-state index contributed by atoms with van der Waals surface area (Å²) in [5.74, 6) is 1.48. The SMILES string of the molecule is O=C1COc2ccc(S(=O)(=O)NC3CCCC3)cc2N1Cc1noc(C2CCC2)n1. The van der Waals surface area contributed by atoms with Gasteiger partial charge >= 0.3 is 0 Å². The average Bonchev–Trinajstić information content (AvgIpc) is 3.34. The largest absolute Gasteiger partial charge is 0.482 e. The molecule has 1 N–H and O–H groups in total. The molecule has 0 radical (unpaired) electrons. The molecule has 0 saturated heterocycles. The van der Waals surface area contributed by atoms with Crippen LogP contribution in [0.4, 0.5) is 5.69 Å². The van der Waals surface area contributed by atoms with Gasteiger partial charge in [0.2, 0.25) is 15.9 Å². The lowest BCUT2D eigenvalue weighted by Gasteiger charge is -2.29. The topological polar surface area (TPSA) is 115 Å². The van der Waals surface area contributed by atoms with Gasteiger partial charge in [0.05, 0.1) is 17.1 Å². The standard InChI is InChI=1S/C20H24N4O5S/c25-19-12-28-17-9-8-15(30(26,27)23-14-6-1-2-7-14)10-16(17)24(19)11-18-21-20(29-22-18)13-4-3-5-13/h8-10,13-14,23H,1-7,11-12H2. The Kier molecular flexibility index (Phi) is 4.98. The summed E-state index contributed by atoms with van der Waals surface area (Å²) in [7, 11) is -3.69. The number of nitrogens with zero attached hydrogens (tertiary/aromatic N) is 3. The van der Waals surface area contributed by atoms with Gasteiger partial charge in [-0.05, 0) is 43.9 Å². The van der Waals surface area contributed by atoms with Crippen LogP contribution in [0, 0.1) is 0 Å². The number of carbonyl (C=O) groups is 1. The molecular weight excluding hydrogens is 408 g/mol. The molecular formula is C20H24N4O5S. The van der Waals surface area contributed by atoms with Crippen LogP contribution >= 0.6 is 0 Å². The molecule has 9 nitrogen and oxygen atoms in total. The summed E-state index contributed by atoms with van der Waals surface area (Å²) in [5, 5.41) is 4.01. The van der Waals surface area contributed by atoms with E-state index in [0.717, 1.165) is 44.9 Å². The van der Waals surface area contributed by atoms with Gasteiger partial charge in [-0.1, -0.05) is 24.4 Å². The molecule has 2 heterocycles. The van der Waals surface area contributed by atoms with Crippen molar-refractivity contribution in [1.29, 1.82) is 0 Å². The second kappa shape index (κ2) is 7.66. The lowest BCUT2D eigenvalue weighted by atomic mass is 9.85. The molecule has 10 heteroatoms. The van der Waals surface area contributed by atoms with E-state index in [4.69, 9.17) is 9.26 Å². The molecule has 30 heavy (non-hydrogen) atoms. The van der Waals surface area contributed by atoms with Crippen molar-refractivity contribution in [3.8, 4) is 5.75 Å². The van der Waals surface area contributed by atoms with E-state index in [0.29, 0.717) is 29.1 Å². The molecule has 3 aliphatic rings. The first-order valence-electron chi connectivity index (χ1n) is 10.4. The van der Waals surface area contributed by atoms with Crippen LogP contribution in [0.15, 0.2) is 27.6 Å². The van der Waals surface area contributed by atoms with Gasteiger partial charge in [-0.25, -0.2) is 13.1 Å². The zero-order valence-corrected chi connectivity index (χ0v) is 17.4. The van der Waals surface area contributed by atoms with E-state index in [2.05, 4.69) is 14.9 Å². The van der Waals surface area contributed by atoms with Crippen molar-refractivity contribution in [3.05, 3.63) is 29.9 Å². The number of benzene rings is 1. The highest BCUT2D eigenvalue weighted by Crippen LogP contribution is 2.37. The number of aromatic nitrogens is 2. The van der Waals surface area contributed by atoms with E-state index >= 15 is 0 Å². The van der Waals surface area contributed by atoms with Gasteiger partial charge < -0.3 is 9.26 Å². The molecule has 2 aromatic rings. The molecule has 5 rings (SSSR count). The first-order valence-corrected chi connectivity index (χ1v) is 11.9. The van der Waals surface area contributed by atoms with Crippen LogP contribution in [0.5, 0.6) is 5.75 Å². The molecule has 1 aromatic carbocycles. The highest BCUT2D eigenvalue weighted by Gasteiger charge is 2.31. The number of fused-ring (bicyclic) bond motifs is 1. The Labute approximate surface area is 174 Å².